The quantitative estimate of drug-likeness (QED) is 0.582. The molecular weight excluding hydrogens is 354 g/mol. The lowest BCUT2D eigenvalue weighted by atomic mass is 10.1. The van der Waals surface area contributed by atoms with Crippen molar-refractivity contribution in [3.63, 3.8) is 0 Å². The number of aryl methyl sites for hydroxylation is 1. The second-order valence-corrected chi connectivity index (χ2v) is 8.04. The third-order valence-corrected chi connectivity index (χ3v) is 6.13. The number of thiazole rings is 1. The highest BCUT2D eigenvalue weighted by Crippen LogP contribution is 2.25. The summed E-state index contributed by atoms with van der Waals surface area (Å²) in [7, 11) is 0. The molecule has 1 aliphatic heterocycles. The number of Topliss-reactive ketones (excluding diaryl/α,β-unsaturated/α-hetero) is 1. The fourth-order valence-electron chi connectivity index (χ4n) is 3.66. The molecule has 4 nitrogen and oxygen atoms in total. The molecule has 1 saturated heterocycles. The average Bonchev–Trinajstić information content (AvgIpc) is 3.31. The van der Waals surface area contributed by atoms with Gasteiger partial charge in [0.25, 0.3) is 0 Å². The van der Waals surface area contributed by atoms with Gasteiger partial charge >= 0.3 is 0 Å². The molecule has 2 aromatic heterocycles. The van der Waals surface area contributed by atoms with Crippen LogP contribution >= 0.6 is 11.3 Å². The molecule has 0 N–H and O–H groups in total. The highest BCUT2D eigenvalue weighted by atomic mass is 32.1. The van der Waals surface area contributed by atoms with Gasteiger partial charge in [0.05, 0.1) is 17.9 Å². The van der Waals surface area contributed by atoms with E-state index in [1.165, 1.54) is 19.3 Å². The Morgan fingerprint density at radius 3 is 2.63 bits per heavy atom. The number of piperidine rings is 1. The largest absolute Gasteiger partial charge is 0.348 e. The maximum Gasteiger partial charge on any atom is 0.185 e. The first-order chi connectivity index (χ1) is 13.2. The maximum atomic E-state index is 12.8. The highest BCUT2D eigenvalue weighted by molar-refractivity contribution is 7.13. The molecule has 1 fully saturated rings. The molecule has 0 radical (unpaired) electrons. The standard InChI is InChI=1S/C22H25N3OS/c1-17-10-11-20(21(26)14-18-8-4-2-5-9-18)25(17)15-19-16-27-22(23-19)24-12-6-3-7-13-24/h2,4-5,8-11,16H,3,6-7,12-15H2,1H3. The summed E-state index contributed by atoms with van der Waals surface area (Å²) in [5.74, 6) is 0.154. The Bertz CT molecular complexity index is 907. The van der Waals surface area contributed by atoms with Crippen LogP contribution in [0.2, 0.25) is 0 Å². The van der Waals surface area contributed by atoms with E-state index in [1.807, 2.05) is 42.5 Å². The molecule has 0 atom stereocenters. The first-order valence-corrected chi connectivity index (χ1v) is 10.5. The van der Waals surface area contributed by atoms with Gasteiger partial charge in [0.15, 0.2) is 10.9 Å². The van der Waals surface area contributed by atoms with Crippen LogP contribution in [-0.2, 0) is 13.0 Å². The van der Waals surface area contributed by atoms with Crippen LogP contribution in [0.15, 0.2) is 47.8 Å². The summed E-state index contributed by atoms with van der Waals surface area (Å²) >= 11 is 1.72. The molecule has 3 aromatic rings. The minimum Gasteiger partial charge on any atom is -0.348 e. The number of nitrogens with zero attached hydrogens (tertiary/aromatic N) is 3. The molecular formula is C22H25N3OS. The van der Waals surface area contributed by atoms with Crippen molar-refractivity contribution in [3.05, 3.63) is 70.5 Å². The van der Waals surface area contributed by atoms with Crippen LogP contribution in [0.3, 0.4) is 0 Å². The third kappa shape index (κ3) is 4.14. The van der Waals surface area contributed by atoms with Gasteiger partial charge in [-0.3, -0.25) is 4.79 Å². The van der Waals surface area contributed by atoms with Gasteiger partial charge in [-0.1, -0.05) is 30.3 Å². The molecule has 27 heavy (non-hydrogen) atoms. The van der Waals surface area contributed by atoms with Crippen molar-refractivity contribution in [1.29, 1.82) is 0 Å². The van der Waals surface area contributed by atoms with Crippen molar-refractivity contribution in [1.82, 2.24) is 9.55 Å². The molecule has 3 heterocycles. The van der Waals surface area contributed by atoms with Crippen LogP contribution < -0.4 is 4.90 Å². The van der Waals surface area contributed by atoms with Crippen molar-refractivity contribution < 1.29 is 4.79 Å². The third-order valence-electron chi connectivity index (χ3n) is 5.18. The summed E-state index contributed by atoms with van der Waals surface area (Å²) < 4.78 is 2.10. The highest BCUT2D eigenvalue weighted by Gasteiger charge is 2.17. The Labute approximate surface area is 164 Å². The van der Waals surface area contributed by atoms with Crippen molar-refractivity contribution >= 4 is 22.3 Å². The van der Waals surface area contributed by atoms with E-state index in [2.05, 4.69) is 21.8 Å². The van der Waals surface area contributed by atoms with Gasteiger partial charge in [-0.15, -0.1) is 11.3 Å². The predicted octanol–water partition coefficient (Wildman–Crippen LogP) is 4.72. The van der Waals surface area contributed by atoms with Crippen LogP contribution in [0.25, 0.3) is 0 Å². The number of rotatable bonds is 6. The van der Waals surface area contributed by atoms with Crippen molar-refractivity contribution in [2.24, 2.45) is 0 Å². The second-order valence-electron chi connectivity index (χ2n) is 7.20. The SMILES string of the molecule is Cc1ccc(C(=O)Cc2ccccc2)n1Cc1csc(N2CCCCC2)n1. The molecule has 0 spiro atoms. The van der Waals surface area contributed by atoms with E-state index in [-0.39, 0.29) is 5.78 Å². The van der Waals surface area contributed by atoms with Crippen LogP contribution in [0, 0.1) is 6.92 Å². The van der Waals surface area contributed by atoms with Gasteiger partial charge in [-0.25, -0.2) is 4.98 Å². The summed E-state index contributed by atoms with van der Waals surface area (Å²) in [6.45, 7) is 4.92. The molecule has 0 amide bonds. The summed E-state index contributed by atoms with van der Waals surface area (Å²) in [6.07, 6.45) is 4.26. The van der Waals surface area contributed by atoms with Gasteiger partial charge in [-0.2, -0.15) is 0 Å². The van der Waals surface area contributed by atoms with E-state index < -0.39 is 0 Å². The molecule has 0 bridgehead atoms. The lowest BCUT2D eigenvalue weighted by molar-refractivity contribution is 0.0984. The van der Waals surface area contributed by atoms with Gasteiger partial charge in [-0.05, 0) is 43.9 Å². The monoisotopic (exact) mass is 379 g/mol. The number of hydrogen-bond acceptors (Lipinski definition) is 4. The lowest BCUT2D eigenvalue weighted by Gasteiger charge is -2.25. The molecule has 5 heteroatoms. The number of benzene rings is 1. The topological polar surface area (TPSA) is 38.1 Å². The minimum atomic E-state index is 0.154. The normalized spacial score (nSPS) is 14.5. The summed E-state index contributed by atoms with van der Waals surface area (Å²) in [5.41, 5.74) is 3.95. The van der Waals surface area contributed by atoms with Gasteiger partial charge in [0.1, 0.15) is 0 Å². The Balaban J connectivity index is 1.50. The number of aromatic nitrogens is 2. The molecule has 1 aromatic carbocycles. The first-order valence-electron chi connectivity index (χ1n) is 9.63. The van der Waals surface area contributed by atoms with Crippen LogP contribution in [-0.4, -0.2) is 28.4 Å². The van der Waals surface area contributed by atoms with Crippen molar-refractivity contribution in [2.45, 2.75) is 39.2 Å². The molecule has 0 saturated carbocycles. The van der Waals surface area contributed by atoms with Crippen LogP contribution in [0.5, 0.6) is 0 Å². The van der Waals surface area contributed by atoms with E-state index in [0.717, 1.165) is 40.9 Å². The molecule has 140 valence electrons. The second kappa shape index (κ2) is 8.09. The number of ketones is 1. The van der Waals surface area contributed by atoms with E-state index in [1.54, 1.807) is 11.3 Å². The predicted molar refractivity (Wildman–Crippen MR) is 111 cm³/mol. The Hall–Kier alpha value is -2.40. The molecule has 1 aliphatic rings. The van der Waals surface area contributed by atoms with E-state index in [4.69, 9.17) is 4.98 Å². The average molecular weight is 380 g/mol. The minimum absolute atomic E-state index is 0.154. The Morgan fingerprint density at radius 2 is 1.85 bits per heavy atom. The number of hydrogen-bond donors (Lipinski definition) is 0. The van der Waals surface area contributed by atoms with Gasteiger partial charge in [0.2, 0.25) is 0 Å². The maximum absolute atomic E-state index is 12.8. The fraction of sp³-hybridized carbons (Fsp3) is 0.364. The van der Waals surface area contributed by atoms with Crippen LogP contribution in [0.1, 0.15) is 46.7 Å². The van der Waals surface area contributed by atoms with E-state index >= 15 is 0 Å². The van der Waals surface area contributed by atoms with E-state index in [0.29, 0.717) is 13.0 Å². The lowest BCUT2D eigenvalue weighted by Crippen LogP contribution is -2.29. The van der Waals surface area contributed by atoms with Gasteiger partial charge in [0, 0.05) is 30.6 Å². The summed E-state index contributed by atoms with van der Waals surface area (Å²) in [4.78, 5) is 20.1. The number of anilines is 1. The molecule has 0 aliphatic carbocycles. The zero-order valence-corrected chi connectivity index (χ0v) is 16.5. The Morgan fingerprint density at radius 1 is 1.07 bits per heavy atom. The first kappa shape index (κ1) is 18.0. The number of carbonyl (C=O) groups is 1. The molecule has 4 rings (SSSR count). The zero-order valence-electron chi connectivity index (χ0n) is 15.7. The van der Waals surface area contributed by atoms with Crippen molar-refractivity contribution in [2.75, 3.05) is 18.0 Å². The van der Waals surface area contributed by atoms with Gasteiger partial charge < -0.3 is 9.47 Å². The zero-order chi connectivity index (χ0) is 18.6. The fourth-order valence-corrected chi connectivity index (χ4v) is 4.53. The van der Waals surface area contributed by atoms with E-state index in [9.17, 15) is 4.79 Å². The smallest absolute Gasteiger partial charge is 0.185 e. The summed E-state index contributed by atoms with van der Waals surface area (Å²) in [5, 5.41) is 3.25. The molecule has 0 unspecified atom stereocenters. The Kier molecular flexibility index (Phi) is 5.39. The van der Waals surface area contributed by atoms with Crippen LogP contribution in [0.4, 0.5) is 5.13 Å². The van der Waals surface area contributed by atoms with Crippen molar-refractivity contribution in [3.8, 4) is 0 Å². The number of carbonyl (C=O) groups excluding carboxylic acids is 1. The summed E-state index contributed by atoms with van der Waals surface area (Å²) in [6, 6.07) is 13.9.